The van der Waals surface area contributed by atoms with Crippen LogP contribution in [-0.4, -0.2) is 39.5 Å². The van der Waals surface area contributed by atoms with Gasteiger partial charge in [0, 0.05) is 48.1 Å². The van der Waals surface area contributed by atoms with Crippen molar-refractivity contribution in [3.63, 3.8) is 0 Å². The maximum Gasteiger partial charge on any atom is 0.337 e. The van der Waals surface area contributed by atoms with Gasteiger partial charge in [-0.25, -0.2) is 18.6 Å². The van der Waals surface area contributed by atoms with Crippen LogP contribution in [0.3, 0.4) is 0 Å². The molecule has 4 rings (SSSR count). The van der Waals surface area contributed by atoms with Crippen molar-refractivity contribution in [1.29, 1.82) is 0 Å². The largest absolute Gasteiger partial charge is 0.478 e. The number of piperidine rings is 1. The number of aromatic nitrogens is 2. The van der Waals surface area contributed by atoms with Crippen molar-refractivity contribution < 1.29 is 18.7 Å². The highest BCUT2D eigenvalue weighted by Gasteiger charge is 2.44. The third-order valence-electron chi connectivity index (χ3n) is 6.20. The fourth-order valence-electron chi connectivity index (χ4n) is 4.31. The molecule has 0 radical (unpaired) electrons. The summed E-state index contributed by atoms with van der Waals surface area (Å²) >= 11 is 0. The molecule has 0 aliphatic carbocycles. The van der Waals surface area contributed by atoms with Gasteiger partial charge in [0.05, 0.1) is 11.6 Å². The summed E-state index contributed by atoms with van der Waals surface area (Å²) in [7, 11) is 0. The Morgan fingerprint density at radius 1 is 1.32 bits per heavy atom. The summed E-state index contributed by atoms with van der Waals surface area (Å²) in [6.45, 7) is 8.63. The molecule has 178 valence electrons. The molecule has 2 atom stereocenters. The van der Waals surface area contributed by atoms with Gasteiger partial charge in [0.1, 0.15) is 11.5 Å². The number of carbonyl (C=O) groups is 1. The average Bonchev–Trinajstić information content (AvgIpc) is 2.77. The van der Waals surface area contributed by atoms with E-state index in [0.29, 0.717) is 22.7 Å². The van der Waals surface area contributed by atoms with Crippen LogP contribution >= 0.6 is 0 Å². The van der Waals surface area contributed by atoms with Crippen LogP contribution in [0, 0.1) is 12.8 Å². The molecule has 0 unspecified atom stereocenters. The third kappa shape index (κ3) is 4.13. The van der Waals surface area contributed by atoms with Gasteiger partial charge in [0.2, 0.25) is 0 Å². The predicted molar refractivity (Wildman–Crippen MR) is 127 cm³/mol. The maximum atomic E-state index is 14.3. The topological polar surface area (TPSA) is 86.9 Å². The highest BCUT2D eigenvalue weighted by molar-refractivity contribution is 5.94. The molecule has 7 nitrogen and oxygen atoms in total. The molecule has 0 bridgehead atoms. The molecule has 9 heteroatoms. The first kappa shape index (κ1) is 23.4. The second kappa shape index (κ2) is 8.55. The minimum absolute atomic E-state index is 0.0373. The smallest absolute Gasteiger partial charge is 0.337 e. The van der Waals surface area contributed by atoms with Crippen molar-refractivity contribution in [2.75, 3.05) is 23.3 Å². The number of hydrogen-bond donors (Lipinski definition) is 2. The number of aromatic carboxylic acids is 1. The lowest BCUT2D eigenvalue weighted by Gasteiger charge is -2.38. The summed E-state index contributed by atoms with van der Waals surface area (Å²) < 4.78 is 29.9. The number of hydrogen-bond acceptors (Lipinski definition) is 5. The van der Waals surface area contributed by atoms with Gasteiger partial charge in [0.15, 0.2) is 0 Å². The number of nitrogens with zero attached hydrogens (tertiary/aromatic N) is 3. The van der Waals surface area contributed by atoms with E-state index in [1.165, 1.54) is 23.5 Å². The van der Waals surface area contributed by atoms with E-state index < -0.39 is 23.9 Å². The zero-order valence-electron chi connectivity index (χ0n) is 19.2. The minimum Gasteiger partial charge on any atom is -0.478 e. The van der Waals surface area contributed by atoms with Crippen LogP contribution in [0.5, 0.6) is 0 Å². The van der Waals surface area contributed by atoms with E-state index in [9.17, 15) is 23.5 Å². The van der Waals surface area contributed by atoms with Gasteiger partial charge >= 0.3 is 5.97 Å². The average molecular weight is 469 g/mol. The first-order chi connectivity index (χ1) is 16.0. The maximum absolute atomic E-state index is 14.3. The molecule has 2 N–H and O–H groups in total. The Bertz CT molecular complexity index is 1350. The molecule has 1 aromatic carbocycles. The molecule has 0 saturated carbocycles. The SMILES string of the molecule is C=C1CN(c2cc(=O)n3cc(C)cc([C@H](C)Nc4ccccc4C(=O)O)c3n2)C[C@H](C)C1(F)F. The Labute approximate surface area is 195 Å². The number of anilines is 2. The van der Waals surface area contributed by atoms with Crippen LogP contribution < -0.4 is 15.8 Å². The number of rotatable bonds is 5. The minimum atomic E-state index is -2.97. The Kier molecular flexibility index (Phi) is 5.89. The number of benzene rings is 1. The zero-order chi connectivity index (χ0) is 24.8. The van der Waals surface area contributed by atoms with Gasteiger partial charge in [-0.1, -0.05) is 25.6 Å². The summed E-state index contributed by atoms with van der Waals surface area (Å²) in [4.78, 5) is 30.9. The van der Waals surface area contributed by atoms with Gasteiger partial charge in [-0.05, 0) is 37.6 Å². The van der Waals surface area contributed by atoms with Crippen molar-refractivity contribution in [2.24, 2.45) is 5.92 Å². The van der Waals surface area contributed by atoms with E-state index in [1.54, 1.807) is 29.3 Å². The summed E-state index contributed by atoms with van der Waals surface area (Å²) in [5.41, 5.74) is 1.88. The first-order valence-corrected chi connectivity index (χ1v) is 10.9. The van der Waals surface area contributed by atoms with Crippen LogP contribution in [0.2, 0.25) is 0 Å². The molecule has 1 aliphatic rings. The lowest BCUT2D eigenvalue weighted by molar-refractivity contribution is -0.0204. The van der Waals surface area contributed by atoms with Gasteiger partial charge < -0.3 is 15.3 Å². The Hall–Kier alpha value is -3.75. The number of nitrogens with one attached hydrogen (secondary N) is 1. The number of fused-ring (bicyclic) bond motifs is 1. The fourth-order valence-corrected chi connectivity index (χ4v) is 4.31. The summed E-state index contributed by atoms with van der Waals surface area (Å²) in [6.07, 6.45) is 1.67. The molecule has 1 fully saturated rings. The highest BCUT2D eigenvalue weighted by atomic mass is 19.3. The van der Waals surface area contributed by atoms with Crippen LogP contribution in [-0.2, 0) is 0 Å². The lowest BCUT2D eigenvalue weighted by Crippen LogP contribution is -2.48. The van der Waals surface area contributed by atoms with Crippen LogP contribution in [0.1, 0.15) is 41.4 Å². The number of halogens is 2. The number of carboxylic acid groups (broad SMARTS) is 1. The standard InChI is InChI=1S/C25H26F2N4O3/c1-14-9-19(17(4)28-20-8-6-5-7-18(20)24(33)34)23-29-21(10-22(32)31(23)11-14)30-12-15(2)25(26,27)16(3)13-30/h5-11,16-17,28H,2,12-13H2,1,3-4H3,(H,33,34)/t16-,17-/m0/s1. The van der Waals surface area contributed by atoms with E-state index in [1.807, 2.05) is 19.9 Å². The molecule has 0 amide bonds. The van der Waals surface area contributed by atoms with Crippen LogP contribution in [0.4, 0.5) is 20.3 Å². The van der Waals surface area contributed by atoms with Gasteiger partial charge in [-0.15, -0.1) is 0 Å². The normalized spacial score (nSPS) is 18.7. The molecule has 1 aliphatic heterocycles. The zero-order valence-corrected chi connectivity index (χ0v) is 19.2. The second-order valence-corrected chi connectivity index (χ2v) is 8.84. The number of alkyl halides is 2. The molecular weight excluding hydrogens is 442 g/mol. The Morgan fingerprint density at radius 3 is 2.71 bits per heavy atom. The van der Waals surface area contributed by atoms with Gasteiger partial charge in [-0.2, -0.15) is 0 Å². The Morgan fingerprint density at radius 2 is 2.03 bits per heavy atom. The predicted octanol–water partition coefficient (Wildman–Crippen LogP) is 4.52. The number of aryl methyl sites for hydroxylation is 1. The monoisotopic (exact) mass is 468 g/mol. The summed E-state index contributed by atoms with van der Waals surface area (Å²) in [6, 6.07) is 9.37. The molecule has 1 saturated heterocycles. The lowest BCUT2D eigenvalue weighted by atomic mass is 9.92. The molecule has 2 aromatic heterocycles. The number of carboxylic acids is 1. The molecule has 34 heavy (non-hydrogen) atoms. The summed E-state index contributed by atoms with van der Waals surface area (Å²) in [5.74, 6) is -4.70. The first-order valence-electron chi connectivity index (χ1n) is 10.9. The summed E-state index contributed by atoms with van der Waals surface area (Å²) in [5, 5.41) is 12.7. The van der Waals surface area contributed by atoms with Crippen LogP contribution in [0.25, 0.3) is 5.65 Å². The second-order valence-electron chi connectivity index (χ2n) is 8.84. The van der Waals surface area contributed by atoms with E-state index in [-0.39, 0.29) is 29.8 Å². The van der Waals surface area contributed by atoms with E-state index in [0.717, 1.165) is 5.56 Å². The molecule has 3 aromatic rings. The molecule has 3 heterocycles. The highest BCUT2D eigenvalue weighted by Crippen LogP contribution is 2.37. The Balaban J connectivity index is 1.78. The van der Waals surface area contributed by atoms with Crippen molar-refractivity contribution >= 4 is 23.1 Å². The van der Waals surface area contributed by atoms with Crippen LogP contribution in [0.15, 0.2) is 59.5 Å². The van der Waals surface area contributed by atoms with Crippen molar-refractivity contribution in [1.82, 2.24) is 9.38 Å². The number of pyridine rings is 1. The van der Waals surface area contributed by atoms with E-state index in [2.05, 4.69) is 16.9 Å². The molecular formula is C25H26F2N4O3. The van der Waals surface area contributed by atoms with E-state index >= 15 is 0 Å². The van der Waals surface area contributed by atoms with E-state index in [4.69, 9.17) is 0 Å². The van der Waals surface area contributed by atoms with Crippen molar-refractivity contribution in [3.05, 3.63) is 81.8 Å². The molecule has 0 spiro atoms. The van der Waals surface area contributed by atoms with Crippen molar-refractivity contribution in [3.8, 4) is 0 Å². The number of para-hydroxylation sites is 1. The van der Waals surface area contributed by atoms with Gasteiger partial charge in [-0.3, -0.25) is 9.20 Å². The third-order valence-corrected chi connectivity index (χ3v) is 6.20. The quantitative estimate of drug-likeness (QED) is 0.536. The van der Waals surface area contributed by atoms with Gasteiger partial charge in [0.25, 0.3) is 11.5 Å². The van der Waals surface area contributed by atoms with Crippen molar-refractivity contribution in [2.45, 2.75) is 32.7 Å². The fraction of sp³-hybridized carbons (Fsp3) is 0.320.